The number of furan rings is 1. The molecule has 0 bridgehead atoms. The third-order valence-corrected chi connectivity index (χ3v) is 6.43. The fourth-order valence-corrected chi connectivity index (χ4v) is 5.04. The Kier molecular flexibility index (Phi) is 3.81. The van der Waals surface area contributed by atoms with E-state index in [4.69, 9.17) is 13.9 Å². The van der Waals surface area contributed by atoms with Gasteiger partial charge in [0.15, 0.2) is 0 Å². The molecule has 3 aromatic carbocycles. The second-order valence-electron chi connectivity index (χ2n) is 8.03. The van der Waals surface area contributed by atoms with Gasteiger partial charge in [-0.15, -0.1) is 0 Å². The average Bonchev–Trinajstić information content (AvgIpc) is 3.16. The molecule has 3 atom stereocenters. The largest absolute Gasteiger partial charge is 0.497 e. The lowest BCUT2D eigenvalue weighted by atomic mass is 9.77. The molecule has 146 valence electrons. The van der Waals surface area contributed by atoms with E-state index in [1.807, 2.05) is 18.2 Å². The van der Waals surface area contributed by atoms with Crippen LogP contribution < -0.4 is 10.1 Å². The summed E-state index contributed by atoms with van der Waals surface area (Å²) in [6.07, 6.45) is 2.33. The van der Waals surface area contributed by atoms with Crippen LogP contribution in [-0.4, -0.2) is 13.7 Å². The van der Waals surface area contributed by atoms with Crippen LogP contribution in [0.2, 0.25) is 0 Å². The molecule has 0 saturated carbocycles. The van der Waals surface area contributed by atoms with Crippen molar-refractivity contribution in [2.45, 2.75) is 25.0 Å². The molecule has 29 heavy (non-hydrogen) atoms. The number of ether oxygens (including phenoxy) is 2. The molecule has 1 aromatic heterocycles. The van der Waals surface area contributed by atoms with Crippen LogP contribution in [-0.2, 0) is 4.74 Å². The van der Waals surface area contributed by atoms with E-state index in [0.29, 0.717) is 5.92 Å². The standard InChI is InChI=1S/C25H23NO3/c1-27-16-9-10-21-20(14-16)25-18(6-4-12-28-25)24(26-21)15-8-11-23-19(13-15)17-5-2-3-7-22(17)29-23/h2-3,5,7-11,13-14,18,24-26H,4,6,12H2,1H3/t18?,24-,25?/m1/s1. The van der Waals surface area contributed by atoms with E-state index in [2.05, 4.69) is 47.8 Å². The van der Waals surface area contributed by atoms with Crippen molar-refractivity contribution in [1.29, 1.82) is 0 Å². The fraction of sp³-hybridized carbons (Fsp3) is 0.280. The summed E-state index contributed by atoms with van der Waals surface area (Å²) in [5, 5.41) is 6.15. The predicted molar refractivity (Wildman–Crippen MR) is 114 cm³/mol. The number of anilines is 1. The Morgan fingerprint density at radius 2 is 1.86 bits per heavy atom. The smallest absolute Gasteiger partial charge is 0.135 e. The third-order valence-electron chi connectivity index (χ3n) is 6.43. The molecular formula is C25H23NO3. The van der Waals surface area contributed by atoms with Crippen molar-refractivity contribution in [3.8, 4) is 5.75 Å². The summed E-state index contributed by atoms with van der Waals surface area (Å²) in [6, 6.07) is 21.3. The highest BCUT2D eigenvalue weighted by molar-refractivity contribution is 6.05. The van der Waals surface area contributed by atoms with E-state index < -0.39 is 0 Å². The highest BCUT2D eigenvalue weighted by Gasteiger charge is 2.40. The molecule has 0 spiro atoms. The normalized spacial score (nSPS) is 23.4. The van der Waals surface area contributed by atoms with E-state index in [1.165, 1.54) is 21.9 Å². The molecule has 2 unspecified atom stereocenters. The lowest BCUT2D eigenvalue weighted by molar-refractivity contribution is -0.0382. The van der Waals surface area contributed by atoms with Crippen molar-refractivity contribution in [2.24, 2.45) is 5.92 Å². The zero-order valence-corrected chi connectivity index (χ0v) is 16.4. The second kappa shape index (κ2) is 6.53. The fourth-order valence-electron chi connectivity index (χ4n) is 5.04. The van der Waals surface area contributed by atoms with Crippen LogP contribution in [0.3, 0.4) is 0 Å². The van der Waals surface area contributed by atoms with E-state index in [0.717, 1.165) is 42.1 Å². The summed E-state index contributed by atoms with van der Waals surface area (Å²) < 4.78 is 17.8. The maximum Gasteiger partial charge on any atom is 0.135 e. The van der Waals surface area contributed by atoms with Crippen LogP contribution in [0.5, 0.6) is 5.75 Å². The van der Waals surface area contributed by atoms with Gasteiger partial charge < -0.3 is 19.2 Å². The van der Waals surface area contributed by atoms with Crippen LogP contribution >= 0.6 is 0 Å². The first kappa shape index (κ1) is 16.9. The predicted octanol–water partition coefficient (Wildman–Crippen LogP) is 6.23. The monoisotopic (exact) mass is 385 g/mol. The van der Waals surface area contributed by atoms with E-state index in [1.54, 1.807) is 7.11 Å². The maximum atomic E-state index is 6.29. The minimum atomic E-state index is 0.0943. The Labute approximate surface area is 169 Å². The number of hydrogen-bond donors (Lipinski definition) is 1. The highest BCUT2D eigenvalue weighted by Crippen LogP contribution is 2.50. The van der Waals surface area contributed by atoms with Gasteiger partial charge in [0.05, 0.1) is 19.3 Å². The first-order chi connectivity index (χ1) is 14.3. The van der Waals surface area contributed by atoms with Gasteiger partial charge in [-0.25, -0.2) is 0 Å². The van der Waals surface area contributed by atoms with Crippen LogP contribution in [0.1, 0.15) is 36.1 Å². The molecule has 0 radical (unpaired) electrons. The molecule has 0 aliphatic carbocycles. The van der Waals surface area contributed by atoms with Crippen LogP contribution in [0.15, 0.2) is 65.1 Å². The van der Waals surface area contributed by atoms with Gasteiger partial charge in [-0.1, -0.05) is 24.3 Å². The Balaban J connectivity index is 1.48. The minimum absolute atomic E-state index is 0.0943. The van der Waals surface area contributed by atoms with Gasteiger partial charge in [-0.2, -0.15) is 0 Å². The second-order valence-corrected chi connectivity index (χ2v) is 8.03. The Hall–Kier alpha value is -2.98. The number of fused-ring (bicyclic) bond motifs is 6. The molecule has 4 aromatic rings. The summed E-state index contributed by atoms with van der Waals surface area (Å²) in [6.45, 7) is 0.815. The van der Waals surface area contributed by atoms with Crippen molar-refractivity contribution in [3.63, 3.8) is 0 Å². The molecule has 0 amide bonds. The topological polar surface area (TPSA) is 43.6 Å². The Bertz CT molecular complexity index is 1210. The molecule has 2 aliphatic rings. The number of benzene rings is 3. The van der Waals surface area contributed by atoms with E-state index in [-0.39, 0.29) is 12.1 Å². The summed E-state index contributed by atoms with van der Waals surface area (Å²) in [7, 11) is 1.71. The molecule has 4 nitrogen and oxygen atoms in total. The summed E-state index contributed by atoms with van der Waals surface area (Å²) in [4.78, 5) is 0. The van der Waals surface area contributed by atoms with Crippen LogP contribution in [0.4, 0.5) is 5.69 Å². The Morgan fingerprint density at radius 1 is 0.966 bits per heavy atom. The van der Waals surface area contributed by atoms with Gasteiger partial charge in [0.25, 0.3) is 0 Å². The van der Waals surface area contributed by atoms with Crippen LogP contribution in [0, 0.1) is 5.92 Å². The number of nitrogens with one attached hydrogen (secondary N) is 1. The maximum absolute atomic E-state index is 6.29. The molecule has 4 heteroatoms. The van der Waals surface area contributed by atoms with Crippen molar-refractivity contribution in [1.82, 2.24) is 0 Å². The Morgan fingerprint density at radius 3 is 2.79 bits per heavy atom. The highest BCUT2D eigenvalue weighted by atomic mass is 16.5. The minimum Gasteiger partial charge on any atom is -0.497 e. The molecular weight excluding hydrogens is 362 g/mol. The molecule has 6 rings (SSSR count). The van der Waals surface area contributed by atoms with Gasteiger partial charge in [-0.3, -0.25) is 0 Å². The molecule has 1 saturated heterocycles. The van der Waals surface area contributed by atoms with Crippen molar-refractivity contribution in [2.75, 3.05) is 19.0 Å². The van der Waals surface area contributed by atoms with Crippen molar-refractivity contribution in [3.05, 3.63) is 71.8 Å². The van der Waals surface area contributed by atoms with Gasteiger partial charge in [0.2, 0.25) is 0 Å². The molecule has 2 aliphatic heterocycles. The zero-order chi connectivity index (χ0) is 19.4. The molecule has 3 heterocycles. The number of methoxy groups -OCH3 is 1. The molecule has 1 fully saturated rings. The first-order valence-corrected chi connectivity index (χ1v) is 10.3. The average molecular weight is 385 g/mol. The summed E-state index contributed by atoms with van der Waals surface area (Å²) >= 11 is 0. The SMILES string of the molecule is COc1ccc2c(c1)C1OCCCC1[C@@H](c1ccc3oc4ccccc4c3c1)N2. The lowest BCUT2D eigenvalue weighted by Crippen LogP contribution is -2.36. The first-order valence-electron chi connectivity index (χ1n) is 10.3. The van der Waals surface area contributed by atoms with Crippen molar-refractivity contribution < 1.29 is 13.9 Å². The van der Waals surface area contributed by atoms with Crippen molar-refractivity contribution >= 4 is 27.6 Å². The van der Waals surface area contributed by atoms with E-state index in [9.17, 15) is 0 Å². The summed E-state index contributed by atoms with van der Waals surface area (Å²) in [5.41, 5.74) is 5.50. The van der Waals surface area contributed by atoms with E-state index >= 15 is 0 Å². The lowest BCUT2D eigenvalue weighted by Gasteiger charge is -2.43. The zero-order valence-electron chi connectivity index (χ0n) is 16.4. The quantitative estimate of drug-likeness (QED) is 0.444. The van der Waals surface area contributed by atoms with Gasteiger partial charge in [-0.05, 0) is 54.8 Å². The molecule has 1 N–H and O–H groups in total. The number of para-hydroxylation sites is 1. The third kappa shape index (κ3) is 2.63. The van der Waals surface area contributed by atoms with Gasteiger partial charge in [0, 0.05) is 34.5 Å². The number of rotatable bonds is 2. The number of hydrogen-bond acceptors (Lipinski definition) is 4. The van der Waals surface area contributed by atoms with Gasteiger partial charge >= 0.3 is 0 Å². The summed E-state index contributed by atoms with van der Waals surface area (Å²) in [5.74, 6) is 1.27. The van der Waals surface area contributed by atoms with Crippen LogP contribution in [0.25, 0.3) is 21.9 Å². The van der Waals surface area contributed by atoms with Gasteiger partial charge in [0.1, 0.15) is 16.9 Å².